The average molecular weight is 283 g/mol. The Labute approximate surface area is 117 Å². The van der Waals surface area contributed by atoms with E-state index in [1.165, 1.54) is 16.2 Å². The highest BCUT2D eigenvalue weighted by Crippen LogP contribution is 2.22. The normalized spacial score (nSPS) is 13.9. The van der Waals surface area contributed by atoms with Crippen LogP contribution in [0.3, 0.4) is 0 Å². The third-order valence-electron chi connectivity index (χ3n) is 3.33. The Morgan fingerprint density at radius 3 is 2.47 bits per heavy atom. The first-order valence-electron chi connectivity index (χ1n) is 6.53. The van der Waals surface area contributed by atoms with Gasteiger partial charge in [0.15, 0.2) is 0 Å². The Morgan fingerprint density at radius 2 is 2.05 bits per heavy atom. The number of carboxylic acids is 1. The number of aryl methyl sites for hydroxylation is 2. The molecule has 1 aromatic rings. The molecule has 1 amide bonds. The number of hydrogen-bond donors (Lipinski definition) is 2. The lowest BCUT2D eigenvalue weighted by Crippen LogP contribution is -2.44. The molecule has 0 aromatic carbocycles. The van der Waals surface area contributed by atoms with Gasteiger partial charge < -0.3 is 10.4 Å². The van der Waals surface area contributed by atoms with Crippen LogP contribution in [0.25, 0.3) is 0 Å². The van der Waals surface area contributed by atoms with E-state index >= 15 is 0 Å². The van der Waals surface area contributed by atoms with Gasteiger partial charge in [0.1, 0.15) is 6.04 Å². The number of nitrogens with one attached hydrogen (secondary N) is 1. The highest BCUT2D eigenvalue weighted by Gasteiger charge is 2.26. The van der Waals surface area contributed by atoms with Gasteiger partial charge in [-0.25, -0.2) is 4.79 Å². The number of hydrogen-bond acceptors (Lipinski definition) is 3. The van der Waals surface area contributed by atoms with Crippen molar-refractivity contribution in [2.24, 2.45) is 5.92 Å². The molecule has 1 aromatic heterocycles. The zero-order valence-electron chi connectivity index (χ0n) is 11.8. The Kier molecular flexibility index (Phi) is 5.54. The van der Waals surface area contributed by atoms with E-state index in [0.717, 1.165) is 12.0 Å². The van der Waals surface area contributed by atoms with Gasteiger partial charge in [0, 0.05) is 4.88 Å². The maximum Gasteiger partial charge on any atom is 0.326 e. The van der Waals surface area contributed by atoms with Gasteiger partial charge in [0.05, 0.1) is 4.88 Å². The number of carboxylic acid groups (broad SMARTS) is 1. The van der Waals surface area contributed by atoms with Gasteiger partial charge in [-0.2, -0.15) is 0 Å². The summed E-state index contributed by atoms with van der Waals surface area (Å²) in [6.07, 6.45) is 1.60. The number of amides is 1. The fourth-order valence-electron chi connectivity index (χ4n) is 1.88. The first-order chi connectivity index (χ1) is 8.90. The number of carbonyl (C=O) groups is 2. The zero-order chi connectivity index (χ0) is 14.6. The van der Waals surface area contributed by atoms with Gasteiger partial charge in [0.25, 0.3) is 5.91 Å². The maximum absolute atomic E-state index is 12.1. The lowest BCUT2D eigenvalue weighted by atomic mass is 9.99. The van der Waals surface area contributed by atoms with E-state index in [1.807, 2.05) is 33.8 Å². The van der Waals surface area contributed by atoms with Gasteiger partial charge in [-0.1, -0.05) is 27.2 Å². The molecule has 5 heteroatoms. The molecular weight excluding hydrogens is 262 g/mol. The quantitative estimate of drug-likeness (QED) is 0.843. The fourth-order valence-corrected chi connectivity index (χ4v) is 2.90. The molecule has 0 bridgehead atoms. The fraction of sp³-hybridized carbons (Fsp3) is 0.571. The molecule has 4 nitrogen and oxygen atoms in total. The van der Waals surface area contributed by atoms with E-state index in [9.17, 15) is 9.59 Å². The number of rotatable bonds is 6. The van der Waals surface area contributed by atoms with Gasteiger partial charge in [-0.05, 0) is 30.9 Å². The topological polar surface area (TPSA) is 66.4 Å². The Morgan fingerprint density at radius 1 is 1.42 bits per heavy atom. The largest absolute Gasteiger partial charge is 0.480 e. The summed E-state index contributed by atoms with van der Waals surface area (Å²) in [6.45, 7) is 7.75. The van der Waals surface area contributed by atoms with Crippen LogP contribution >= 0.6 is 11.3 Å². The molecule has 2 unspecified atom stereocenters. The lowest BCUT2D eigenvalue weighted by molar-refractivity contribution is -0.140. The second-order valence-electron chi connectivity index (χ2n) is 4.75. The summed E-state index contributed by atoms with van der Waals surface area (Å²) in [5, 5.41) is 11.8. The smallest absolute Gasteiger partial charge is 0.326 e. The summed E-state index contributed by atoms with van der Waals surface area (Å²) in [6, 6.07) is 0.999. The van der Waals surface area contributed by atoms with E-state index < -0.39 is 12.0 Å². The summed E-state index contributed by atoms with van der Waals surface area (Å²) in [5.74, 6) is -1.36. The Bertz CT molecular complexity index is 467. The summed E-state index contributed by atoms with van der Waals surface area (Å²) < 4.78 is 0. The van der Waals surface area contributed by atoms with E-state index in [1.54, 1.807) is 0 Å². The molecule has 0 fully saturated rings. The number of aliphatic carboxylic acids is 1. The van der Waals surface area contributed by atoms with Crippen LogP contribution in [-0.4, -0.2) is 23.0 Å². The standard InChI is InChI=1S/C14H21NO3S/c1-5-8(3)12(14(17)18)15-13(16)11-7-9(4)10(6-2)19-11/h7-8,12H,5-6H2,1-4H3,(H,15,16)(H,17,18). The highest BCUT2D eigenvalue weighted by atomic mass is 32.1. The summed E-state index contributed by atoms with van der Waals surface area (Å²) in [7, 11) is 0. The third kappa shape index (κ3) is 3.80. The molecule has 0 radical (unpaired) electrons. The average Bonchev–Trinajstić information content (AvgIpc) is 2.75. The molecular formula is C14H21NO3S. The van der Waals surface area contributed by atoms with Gasteiger partial charge >= 0.3 is 5.97 Å². The minimum absolute atomic E-state index is 0.0897. The number of carbonyl (C=O) groups excluding carboxylic acids is 1. The number of thiophene rings is 1. The van der Waals surface area contributed by atoms with Crippen LogP contribution in [-0.2, 0) is 11.2 Å². The highest BCUT2D eigenvalue weighted by molar-refractivity contribution is 7.14. The predicted octanol–water partition coefficient (Wildman–Crippen LogP) is 2.85. The first-order valence-corrected chi connectivity index (χ1v) is 7.35. The maximum atomic E-state index is 12.1. The molecule has 1 rings (SSSR count). The molecule has 0 saturated carbocycles. The molecule has 1 heterocycles. The van der Waals surface area contributed by atoms with Crippen LogP contribution in [0.15, 0.2) is 6.07 Å². The van der Waals surface area contributed by atoms with Crippen molar-refractivity contribution in [3.05, 3.63) is 21.4 Å². The molecule has 0 aliphatic rings. The van der Waals surface area contributed by atoms with Gasteiger partial charge in [0.2, 0.25) is 0 Å². The van der Waals surface area contributed by atoms with Crippen LogP contribution in [0.1, 0.15) is 47.3 Å². The molecule has 0 aliphatic carbocycles. The summed E-state index contributed by atoms with van der Waals surface area (Å²) in [4.78, 5) is 25.0. The van der Waals surface area contributed by atoms with Crippen molar-refractivity contribution in [3.8, 4) is 0 Å². The van der Waals surface area contributed by atoms with Crippen molar-refractivity contribution >= 4 is 23.2 Å². The van der Waals surface area contributed by atoms with E-state index in [2.05, 4.69) is 5.32 Å². The molecule has 2 N–H and O–H groups in total. The van der Waals surface area contributed by atoms with Crippen molar-refractivity contribution in [1.29, 1.82) is 0 Å². The second-order valence-corrected chi connectivity index (χ2v) is 5.88. The van der Waals surface area contributed by atoms with E-state index in [4.69, 9.17) is 5.11 Å². The minimum Gasteiger partial charge on any atom is -0.480 e. The van der Waals surface area contributed by atoms with Gasteiger partial charge in [-0.3, -0.25) is 4.79 Å². The van der Waals surface area contributed by atoms with Crippen LogP contribution in [0.5, 0.6) is 0 Å². The molecule has 0 spiro atoms. The lowest BCUT2D eigenvalue weighted by Gasteiger charge is -2.19. The van der Waals surface area contributed by atoms with Crippen molar-refractivity contribution in [2.75, 3.05) is 0 Å². The van der Waals surface area contributed by atoms with Crippen LogP contribution < -0.4 is 5.32 Å². The van der Waals surface area contributed by atoms with Crippen LogP contribution in [0.4, 0.5) is 0 Å². The molecule has 2 atom stereocenters. The second kappa shape index (κ2) is 6.70. The van der Waals surface area contributed by atoms with Crippen molar-refractivity contribution in [2.45, 2.75) is 46.6 Å². The summed E-state index contributed by atoms with van der Waals surface area (Å²) >= 11 is 1.44. The van der Waals surface area contributed by atoms with Crippen molar-refractivity contribution < 1.29 is 14.7 Å². The molecule has 0 aliphatic heterocycles. The van der Waals surface area contributed by atoms with Gasteiger partial charge in [-0.15, -0.1) is 11.3 Å². The van der Waals surface area contributed by atoms with Crippen LogP contribution in [0, 0.1) is 12.8 Å². The van der Waals surface area contributed by atoms with Crippen molar-refractivity contribution in [1.82, 2.24) is 5.32 Å². The SMILES string of the molecule is CCc1sc(C(=O)NC(C(=O)O)C(C)CC)cc1C. The first kappa shape index (κ1) is 15.7. The minimum atomic E-state index is -0.980. The summed E-state index contributed by atoms with van der Waals surface area (Å²) in [5.41, 5.74) is 1.09. The Hall–Kier alpha value is -1.36. The predicted molar refractivity (Wildman–Crippen MR) is 76.8 cm³/mol. The van der Waals surface area contributed by atoms with E-state index in [0.29, 0.717) is 11.3 Å². The monoisotopic (exact) mass is 283 g/mol. The van der Waals surface area contributed by atoms with Crippen molar-refractivity contribution in [3.63, 3.8) is 0 Å². The van der Waals surface area contributed by atoms with Crippen LogP contribution in [0.2, 0.25) is 0 Å². The van der Waals surface area contributed by atoms with E-state index in [-0.39, 0.29) is 11.8 Å². The molecule has 106 valence electrons. The zero-order valence-corrected chi connectivity index (χ0v) is 12.6. The third-order valence-corrected chi connectivity index (χ3v) is 4.71. The molecule has 19 heavy (non-hydrogen) atoms. The Balaban J connectivity index is 2.84. The molecule has 0 saturated heterocycles.